The van der Waals surface area contributed by atoms with Crippen molar-refractivity contribution in [1.82, 2.24) is 0 Å². The fraction of sp³-hybridized carbons (Fsp3) is 0.314. The Labute approximate surface area is 290 Å². The Hall–Kier alpha value is -4.28. The number of halogens is 1. The highest BCUT2D eigenvalue weighted by atomic mass is 31.2. The summed E-state index contributed by atoms with van der Waals surface area (Å²) >= 11 is 0. The average Bonchev–Trinajstić information content (AvgIpc) is 3.11. The summed E-state index contributed by atoms with van der Waals surface area (Å²) in [7, 11) is -4.41. The molecule has 2 heterocycles. The third kappa shape index (κ3) is 7.53. The largest absolute Gasteiger partial charge is 0.479 e. The molecule has 16 heteroatoms. The molecule has 0 saturated carbocycles. The van der Waals surface area contributed by atoms with E-state index in [9.17, 15) is 53.9 Å². The number of rotatable bonds is 11. The highest BCUT2D eigenvalue weighted by Crippen LogP contribution is 2.48. The van der Waals surface area contributed by atoms with E-state index in [2.05, 4.69) is 0 Å². The van der Waals surface area contributed by atoms with Crippen molar-refractivity contribution in [1.29, 1.82) is 0 Å². The number of aliphatic hydroxyl groups is 4. The van der Waals surface area contributed by atoms with E-state index in [1.807, 2.05) is 0 Å². The van der Waals surface area contributed by atoms with Gasteiger partial charge in [-0.2, -0.15) is 0 Å². The molecule has 2 fully saturated rings. The van der Waals surface area contributed by atoms with Crippen LogP contribution in [0.1, 0.15) is 35.3 Å². The number of hydrogen-bond donors (Lipinski definition) is 7. The molecular weight excluding hydrogens is 692 g/mol. The maximum absolute atomic E-state index is 13.7. The number of hydrogen-bond acceptors (Lipinski definition) is 10. The summed E-state index contributed by atoms with van der Waals surface area (Å²) in [6, 6.07) is 17.4. The van der Waals surface area contributed by atoms with Gasteiger partial charge in [-0.3, -0.25) is 14.3 Å². The Bertz CT molecular complexity index is 1870. The van der Waals surface area contributed by atoms with Crippen molar-refractivity contribution >= 4 is 30.7 Å². The Morgan fingerprint density at radius 1 is 1.00 bits per heavy atom. The van der Waals surface area contributed by atoms with Crippen LogP contribution in [-0.4, -0.2) is 96.3 Å². The average molecular weight is 728 g/mol. The van der Waals surface area contributed by atoms with Gasteiger partial charge in [0, 0.05) is 11.3 Å². The number of aliphatic carboxylic acids is 1. The summed E-state index contributed by atoms with van der Waals surface area (Å²) in [4.78, 5) is 46.1. The van der Waals surface area contributed by atoms with Crippen LogP contribution in [0.2, 0.25) is 0 Å². The minimum Gasteiger partial charge on any atom is -0.479 e. The Kier molecular flexibility index (Phi) is 10.6. The first-order chi connectivity index (χ1) is 24.2. The quantitative estimate of drug-likeness (QED) is 0.111. The fourth-order valence-corrected chi connectivity index (χ4v) is 6.88. The smallest absolute Gasteiger partial charge is 0.335 e. The van der Waals surface area contributed by atoms with Crippen molar-refractivity contribution in [2.24, 2.45) is 0 Å². The second-order valence-corrected chi connectivity index (χ2v) is 14.2. The molecule has 0 aromatic heterocycles. The lowest BCUT2D eigenvalue weighted by Crippen LogP contribution is -2.62. The van der Waals surface area contributed by atoms with Gasteiger partial charge in [0.1, 0.15) is 42.0 Å². The zero-order chi connectivity index (χ0) is 36.6. The molecule has 3 aromatic rings. The van der Waals surface area contributed by atoms with Gasteiger partial charge >= 0.3 is 13.6 Å². The summed E-state index contributed by atoms with van der Waals surface area (Å²) < 4.78 is 42.7. The monoisotopic (exact) mass is 727 g/mol. The first-order valence-electron chi connectivity index (χ1n) is 15.8. The van der Waals surface area contributed by atoms with Crippen molar-refractivity contribution in [3.63, 3.8) is 0 Å². The van der Waals surface area contributed by atoms with E-state index in [1.54, 1.807) is 48.5 Å². The first kappa shape index (κ1) is 36.5. The first-order valence-corrected chi connectivity index (χ1v) is 17.5. The van der Waals surface area contributed by atoms with Crippen molar-refractivity contribution in [3.8, 4) is 5.75 Å². The van der Waals surface area contributed by atoms with Crippen LogP contribution < -0.4 is 9.64 Å². The molecule has 5 unspecified atom stereocenters. The van der Waals surface area contributed by atoms with Gasteiger partial charge in [0.2, 0.25) is 6.29 Å². The maximum atomic E-state index is 13.7. The van der Waals surface area contributed by atoms with Crippen molar-refractivity contribution < 1.29 is 68.1 Å². The number of β-lactam (4-membered cyclic amide) rings is 1. The number of benzene rings is 3. The molecule has 51 heavy (non-hydrogen) atoms. The minimum absolute atomic E-state index is 0.0219. The predicted molar refractivity (Wildman–Crippen MR) is 177 cm³/mol. The van der Waals surface area contributed by atoms with E-state index in [-0.39, 0.29) is 24.3 Å². The van der Waals surface area contributed by atoms with Crippen molar-refractivity contribution in [3.05, 3.63) is 114 Å². The Morgan fingerprint density at radius 3 is 2.33 bits per heavy atom. The Morgan fingerprint density at radius 2 is 1.71 bits per heavy atom. The van der Waals surface area contributed by atoms with Gasteiger partial charge in [-0.1, -0.05) is 60.7 Å². The number of aliphatic hydroxyl groups excluding tert-OH is 4. The van der Waals surface area contributed by atoms with Gasteiger partial charge in [0.15, 0.2) is 12.2 Å². The van der Waals surface area contributed by atoms with Crippen LogP contribution in [-0.2, 0) is 23.6 Å². The summed E-state index contributed by atoms with van der Waals surface area (Å²) in [6.45, 7) is -0.358. The predicted octanol–water partition coefficient (Wildman–Crippen LogP) is 2.19. The normalized spacial score (nSPS) is 28.5. The molecule has 7 N–H and O–H groups in total. The van der Waals surface area contributed by atoms with Gasteiger partial charge in [0.25, 0.3) is 5.91 Å². The lowest BCUT2D eigenvalue weighted by Gasteiger charge is -2.47. The number of carboxylic acids is 1. The van der Waals surface area contributed by atoms with E-state index in [0.29, 0.717) is 22.4 Å². The molecule has 3 aliphatic rings. The molecule has 0 spiro atoms. The van der Waals surface area contributed by atoms with Crippen molar-refractivity contribution in [2.45, 2.75) is 61.0 Å². The molecule has 2 aliphatic heterocycles. The third-order valence-electron chi connectivity index (χ3n) is 9.00. The summed E-state index contributed by atoms with van der Waals surface area (Å²) in [5, 5.41) is 51.9. The van der Waals surface area contributed by atoms with E-state index < -0.39 is 79.9 Å². The number of allylic oxidation sites excluding steroid dienone is 4. The second kappa shape index (κ2) is 14.8. The molecule has 1 amide bonds. The maximum Gasteiger partial charge on any atom is 0.335 e. The lowest BCUT2D eigenvalue weighted by molar-refractivity contribution is -0.271. The number of para-hydroxylation sites is 1. The number of nitrogens with zero attached hydrogens (tertiary/aromatic N) is 1. The number of carbonyl (C=O) groups is 2. The van der Waals surface area contributed by atoms with E-state index in [0.717, 1.165) is 0 Å². The minimum atomic E-state index is -4.41. The Balaban J connectivity index is 1.38. The number of anilines is 1. The molecule has 9 atom stereocenters. The molecule has 1 aliphatic carbocycles. The summed E-state index contributed by atoms with van der Waals surface area (Å²) in [6.07, 6.45) is -7.57. The molecule has 14 nitrogen and oxygen atoms in total. The zero-order valence-electron chi connectivity index (χ0n) is 26.6. The van der Waals surface area contributed by atoms with Crippen LogP contribution in [0.4, 0.5) is 10.1 Å². The van der Waals surface area contributed by atoms with Gasteiger partial charge < -0.3 is 49.5 Å². The van der Waals surface area contributed by atoms with Gasteiger partial charge in [-0.25, -0.2) is 9.18 Å². The molecule has 2 saturated heterocycles. The zero-order valence-corrected chi connectivity index (χ0v) is 27.5. The van der Waals surface area contributed by atoms with E-state index in [4.69, 9.17) is 14.2 Å². The number of ether oxygens (including phenoxy) is 3. The highest BCUT2D eigenvalue weighted by Gasteiger charge is 2.52. The van der Waals surface area contributed by atoms with Crippen molar-refractivity contribution in [2.75, 3.05) is 11.5 Å². The van der Waals surface area contributed by atoms with E-state index in [1.165, 1.54) is 47.4 Å². The second-order valence-electron chi connectivity index (χ2n) is 12.3. The summed E-state index contributed by atoms with van der Waals surface area (Å²) in [5.74, 6) is -2.66. The third-order valence-corrected chi connectivity index (χ3v) is 10.2. The fourth-order valence-electron chi connectivity index (χ4n) is 6.19. The molecule has 270 valence electrons. The molecular formula is C35H35FNO13P. The van der Waals surface area contributed by atoms with Crippen LogP contribution in [0.3, 0.4) is 0 Å². The van der Waals surface area contributed by atoms with Crippen LogP contribution in [0.15, 0.2) is 91.0 Å². The van der Waals surface area contributed by atoms with Gasteiger partial charge in [-0.15, -0.1) is 0 Å². The summed E-state index contributed by atoms with van der Waals surface area (Å²) in [5.41, 5.74) is 1.09. The lowest BCUT2D eigenvalue weighted by atomic mass is 9.87. The van der Waals surface area contributed by atoms with Gasteiger partial charge in [0.05, 0.1) is 12.3 Å². The number of carboxylic acid groups (broad SMARTS) is 1. The molecule has 0 radical (unpaired) electrons. The topological polar surface area (TPSA) is 224 Å². The highest BCUT2D eigenvalue weighted by molar-refractivity contribution is 7.52. The standard InChI is InChI=1S/C35H35FNO13P/c36-21-11-6-19(7-12-21)25(38)17-48-31-27(37(33(31)42)22-4-2-1-3-5-22)24-15-10-20(18-8-13-23(14-9-18)51(45,46)47)16-26(24)49-35-30(41)28(39)29(40)32(50-35)34(43)44/h1-13,15-16,23,25,27-32,35,38-41H,14,17H2,(H,43,44)(H2,45,46,47)/t23?,25?,27-,28?,29+,30?,31-,32?,35-/m1/s1. The number of amides is 1. The molecule has 0 bridgehead atoms. The SMILES string of the molecule is O=C(O)C1O[C@@H](Oc2cc(C3=CCC(P(=O)(O)O)C=C3)ccc2[C@@H]2[C@@H](OCC(O)c3ccc(F)cc3)C(=O)N2c2ccccc2)C(O)C(O)[C@@H]1O. The van der Waals surface area contributed by atoms with E-state index >= 15 is 0 Å². The van der Waals surface area contributed by atoms with Crippen LogP contribution in [0.25, 0.3) is 5.57 Å². The number of carbonyl (C=O) groups excluding carboxylic acids is 1. The van der Waals surface area contributed by atoms with Crippen LogP contribution in [0.5, 0.6) is 5.75 Å². The molecule has 3 aromatic carbocycles. The van der Waals surface area contributed by atoms with Gasteiger partial charge in [-0.05, 0) is 53.5 Å². The molecule has 6 rings (SSSR count). The van der Waals surface area contributed by atoms with Crippen LogP contribution >= 0.6 is 7.60 Å². The van der Waals surface area contributed by atoms with Crippen LogP contribution in [0, 0.1) is 5.82 Å².